The predicted molar refractivity (Wildman–Crippen MR) is 88.5 cm³/mol. The molecule has 22 heavy (non-hydrogen) atoms. The Morgan fingerprint density at radius 2 is 2.00 bits per heavy atom. The lowest BCUT2D eigenvalue weighted by Crippen LogP contribution is -1.97. The molecule has 4 nitrogen and oxygen atoms in total. The third-order valence-corrected chi connectivity index (χ3v) is 3.81. The molecule has 112 valence electrons. The van der Waals surface area contributed by atoms with E-state index >= 15 is 0 Å². The number of anilines is 1. The fraction of sp³-hybridized carbons (Fsp3) is 0.118. The van der Waals surface area contributed by atoms with Gasteiger partial charge in [-0.3, -0.25) is 4.79 Å². The normalized spacial score (nSPS) is 12.6. The van der Waals surface area contributed by atoms with Gasteiger partial charge in [-0.05, 0) is 48.9 Å². The van der Waals surface area contributed by atoms with Crippen LogP contribution < -0.4 is 14.8 Å². The minimum Gasteiger partial charge on any atom is -0.454 e. The van der Waals surface area contributed by atoms with Gasteiger partial charge in [0.05, 0.1) is 0 Å². The number of benzene rings is 2. The summed E-state index contributed by atoms with van der Waals surface area (Å²) in [5.41, 5.74) is 2.61. The molecule has 0 saturated heterocycles. The maximum absolute atomic E-state index is 12.1. The number of nitrogens with one attached hydrogen (secondary N) is 1. The third-order valence-electron chi connectivity index (χ3n) is 3.32. The highest BCUT2D eigenvalue weighted by molar-refractivity contribution is 9.10. The van der Waals surface area contributed by atoms with Crippen molar-refractivity contribution in [1.29, 1.82) is 0 Å². The van der Waals surface area contributed by atoms with Crippen molar-refractivity contribution in [2.75, 3.05) is 12.1 Å². The lowest BCUT2D eigenvalue weighted by molar-refractivity contribution is 0.104. The van der Waals surface area contributed by atoms with E-state index in [9.17, 15) is 4.79 Å². The Labute approximate surface area is 136 Å². The first kappa shape index (κ1) is 14.7. The van der Waals surface area contributed by atoms with Crippen molar-refractivity contribution in [3.63, 3.8) is 0 Å². The van der Waals surface area contributed by atoms with Crippen LogP contribution in [0.5, 0.6) is 11.5 Å². The topological polar surface area (TPSA) is 47.6 Å². The number of ketones is 1. The molecule has 0 unspecified atom stereocenters. The van der Waals surface area contributed by atoms with Crippen LogP contribution in [0.3, 0.4) is 0 Å². The van der Waals surface area contributed by atoms with Gasteiger partial charge in [0, 0.05) is 28.0 Å². The maximum Gasteiger partial charge on any atom is 0.231 e. The van der Waals surface area contributed by atoms with E-state index in [0.717, 1.165) is 15.7 Å². The molecule has 0 radical (unpaired) electrons. The van der Waals surface area contributed by atoms with Crippen LogP contribution in [0.4, 0.5) is 5.69 Å². The Morgan fingerprint density at radius 3 is 2.82 bits per heavy atom. The zero-order valence-corrected chi connectivity index (χ0v) is 13.5. The summed E-state index contributed by atoms with van der Waals surface area (Å²) in [6.45, 7) is 2.20. The Bertz CT molecular complexity index is 756. The SMILES string of the molecule is Cc1cc(Br)ccc1NC=CC(=O)c1ccc2c(c1)OCO2. The second-order valence-electron chi connectivity index (χ2n) is 4.87. The van der Waals surface area contributed by atoms with Gasteiger partial charge >= 0.3 is 0 Å². The van der Waals surface area contributed by atoms with Crippen molar-refractivity contribution in [2.24, 2.45) is 0 Å². The van der Waals surface area contributed by atoms with Gasteiger partial charge in [-0.2, -0.15) is 0 Å². The smallest absolute Gasteiger partial charge is 0.231 e. The van der Waals surface area contributed by atoms with Gasteiger partial charge in [0.2, 0.25) is 6.79 Å². The fourth-order valence-electron chi connectivity index (χ4n) is 2.14. The molecule has 1 aliphatic heterocycles. The van der Waals surface area contributed by atoms with E-state index in [1.807, 2.05) is 25.1 Å². The van der Waals surface area contributed by atoms with Crippen molar-refractivity contribution >= 4 is 27.4 Å². The summed E-state index contributed by atoms with van der Waals surface area (Å²) in [6.07, 6.45) is 3.14. The number of halogens is 1. The summed E-state index contributed by atoms with van der Waals surface area (Å²) in [5.74, 6) is 1.18. The molecule has 1 N–H and O–H groups in total. The number of hydrogen-bond acceptors (Lipinski definition) is 4. The van der Waals surface area contributed by atoms with Crippen LogP contribution in [-0.2, 0) is 0 Å². The Kier molecular flexibility index (Phi) is 4.15. The molecule has 5 heteroatoms. The van der Waals surface area contributed by atoms with E-state index in [1.54, 1.807) is 24.4 Å². The average Bonchev–Trinajstić information content (AvgIpc) is 2.96. The summed E-state index contributed by atoms with van der Waals surface area (Å²) < 4.78 is 11.5. The van der Waals surface area contributed by atoms with E-state index in [2.05, 4.69) is 21.2 Å². The molecule has 1 heterocycles. The molecule has 3 rings (SSSR count). The highest BCUT2D eigenvalue weighted by atomic mass is 79.9. The maximum atomic E-state index is 12.1. The number of allylic oxidation sites excluding steroid dienone is 1. The number of fused-ring (bicyclic) bond motifs is 1. The second kappa shape index (κ2) is 6.23. The molecular formula is C17H14BrNO3. The van der Waals surface area contributed by atoms with Crippen molar-refractivity contribution in [3.05, 3.63) is 64.3 Å². The summed E-state index contributed by atoms with van der Waals surface area (Å²) in [4.78, 5) is 12.1. The number of carbonyl (C=O) groups excluding carboxylic acids is 1. The zero-order chi connectivity index (χ0) is 15.5. The Hall–Kier alpha value is -2.27. The first-order valence-corrected chi connectivity index (χ1v) is 7.56. The monoisotopic (exact) mass is 359 g/mol. The van der Waals surface area contributed by atoms with Crippen LogP contribution in [0.2, 0.25) is 0 Å². The van der Waals surface area contributed by atoms with Gasteiger partial charge in [0.25, 0.3) is 0 Å². The summed E-state index contributed by atoms with van der Waals surface area (Å²) in [7, 11) is 0. The third kappa shape index (κ3) is 3.14. The van der Waals surface area contributed by atoms with E-state index < -0.39 is 0 Å². The lowest BCUT2D eigenvalue weighted by atomic mass is 10.1. The minimum absolute atomic E-state index is 0.0967. The highest BCUT2D eigenvalue weighted by Crippen LogP contribution is 2.32. The number of aryl methyl sites for hydroxylation is 1. The minimum atomic E-state index is -0.0967. The van der Waals surface area contributed by atoms with E-state index in [1.165, 1.54) is 6.08 Å². The van der Waals surface area contributed by atoms with Gasteiger partial charge < -0.3 is 14.8 Å². The molecule has 1 aliphatic rings. The van der Waals surface area contributed by atoms with Crippen LogP contribution >= 0.6 is 15.9 Å². The van der Waals surface area contributed by atoms with E-state index in [0.29, 0.717) is 17.1 Å². The molecule has 0 atom stereocenters. The van der Waals surface area contributed by atoms with Crippen molar-refractivity contribution < 1.29 is 14.3 Å². The first-order chi connectivity index (χ1) is 10.6. The molecule has 0 spiro atoms. The fourth-order valence-corrected chi connectivity index (χ4v) is 2.62. The van der Waals surface area contributed by atoms with E-state index in [-0.39, 0.29) is 12.6 Å². The van der Waals surface area contributed by atoms with Crippen molar-refractivity contribution in [1.82, 2.24) is 0 Å². The van der Waals surface area contributed by atoms with Gasteiger partial charge in [0.15, 0.2) is 17.3 Å². The Balaban J connectivity index is 1.68. The molecule has 2 aromatic carbocycles. The Morgan fingerprint density at radius 1 is 1.18 bits per heavy atom. The van der Waals surface area contributed by atoms with Crippen LogP contribution in [-0.4, -0.2) is 12.6 Å². The molecule has 0 aromatic heterocycles. The lowest BCUT2D eigenvalue weighted by Gasteiger charge is -2.05. The van der Waals surface area contributed by atoms with Crippen LogP contribution in [0, 0.1) is 6.92 Å². The quantitative estimate of drug-likeness (QED) is 0.653. The standard InChI is InChI=1S/C17H14BrNO3/c1-11-8-13(18)3-4-14(11)19-7-6-15(20)12-2-5-16-17(9-12)22-10-21-16/h2-9,19H,10H2,1H3. The van der Waals surface area contributed by atoms with E-state index in [4.69, 9.17) is 9.47 Å². The molecule has 0 bridgehead atoms. The second-order valence-corrected chi connectivity index (χ2v) is 5.78. The average molecular weight is 360 g/mol. The number of ether oxygens (including phenoxy) is 2. The molecule has 0 aliphatic carbocycles. The van der Waals surface area contributed by atoms with Crippen LogP contribution in [0.15, 0.2) is 53.1 Å². The molecule has 2 aromatic rings. The number of rotatable bonds is 4. The zero-order valence-electron chi connectivity index (χ0n) is 11.9. The van der Waals surface area contributed by atoms with Crippen LogP contribution in [0.25, 0.3) is 0 Å². The summed E-state index contributed by atoms with van der Waals surface area (Å²) >= 11 is 3.42. The molecule has 0 fully saturated rings. The largest absolute Gasteiger partial charge is 0.454 e. The molecular weight excluding hydrogens is 346 g/mol. The van der Waals surface area contributed by atoms with Crippen molar-refractivity contribution in [2.45, 2.75) is 6.92 Å². The first-order valence-electron chi connectivity index (χ1n) is 6.77. The number of carbonyl (C=O) groups is 1. The predicted octanol–water partition coefficient (Wildman–Crippen LogP) is 4.29. The molecule has 0 saturated carbocycles. The summed E-state index contributed by atoms with van der Waals surface area (Å²) in [5, 5.41) is 3.11. The molecule has 0 amide bonds. The summed E-state index contributed by atoms with van der Waals surface area (Å²) in [6, 6.07) is 11.1. The van der Waals surface area contributed by atoms with Gasteiger partial charge in [0.1, 0.15) is 0 Å². The highest BCUT2D eigenvalue weighted by Gasteiger charge is 2.14. The van der Waals surface area contributed by atoms with Crippen LogP contribution in [0.1, 0.15) is 15.9 Å². The van der Waals surface area contributed by atoms with Gasteiger partial charge in [-0.15, -0.1) is 0 Å². The number of hydrogen-bond donors (Lipinski definition) is 1. The van der Waals surface area contributed by atoms with Gasteiger partial charge in [-0.1, -0.05) is 15.9 Å². The van der Waals surface area contributed by atoms with Crippen molar-refractivity contribution in [3.8, 4) is 11.5 Å². The van der Waals surface area contributed by atoms with Gasteiger partial charge in [-0.25, -0.2) is 0 Å².